The zero-order chi connectivity index (χ0) is 14.1. The summed E-state index contributed by atoms with van der Waals surface area (Å²) in [5.41, 5.74) is 1.39. The molecule has 0 fully saturated rings. The standard InChI is InChI=1S/C15H14N2O3/c1-10(18)17-13(11-5-2-3-6-14(11)19)9-12(16-17)15-7-4-8-20-15/h2-8,13,19H,9H2,1H3/t13-/m1/s1. The molecule has 0 saturated heterocycles. The molecule has 0 saturated carbocycles. The molecule has 3 rings (SSSR count). The number of nitrogens with zero attached hydrogens (tertiary/aromatic N) is 2. The largest absolute Gasteiger partial charge is 0.508 e. The van der Waals surface area contributed by atoms with Crippen molar-refractivity contribution < 1.29 is 14.3 Å². The molecule has 5 heteroatoms. The third-order valence-corrected chi connectivity index (χ3v) is 3.33. The Labute approximate surface area is 116 Å². The molecule has 0 aliphatic carbocycles. The SMILES string of the molecule is CC(=O)N1N=C(c2ccco2)C[C@@H]1c1ccccc1O. The third-order valence-electron chi connectivity index (χ3n) is 3.33. The quantitative estimate of drug-likeness (QED) is 0.912. The molecule has 0 spiro atoms. The van der Waals surface area contributed by atoms with Crippen LogP contribution in [0.5, 0.6) is 5.75 Å². The van der Waals surface area contributed by atoms with Gasteiger partial charge >= 0.3 is 0 Å². The highest BCUT2D eigenvalue weighted by Gasteiger charge is 2.33. The van der Waals surface area contributed by atoms with Gasteiger partial charge in [-0.2, -0.15) is 5.10 Å². The first-order valence-corrected chi connectivity index (χ1v) is 6.36. The number of furan rings is 1. The molecule has 0 radical (unpaired) electrons. The van der Waals surface area contributed by atoms with Gasteiger partial charge in [-0.25, -0.2) is 5.01 Å². The Bertz CT molecular complexity index is 662. The highest BCUT2D eigenvalue weighted by Crippen LogP contribution is 2.36. The van der Waals surface area contributed by atoms with Crippen LogP contribution in [0.15, 0.2) is 52.2 Å². The maximum Gasteiger partial charge on any atom is 0.240 e. The summed E-state index contributed by atoms with van der Waals surface area (Å²) in [6, 6.07) is 10.3. The Morgan fingerprint density at radius 2 is 2.15 bits per heavy atom. The van der Waals surface area contributed by atoms with Gasteiger partial charge in [-0.05, 0) is 18.2 Å². The number of hydrogen-bond acceptors (Lipinski definition) is 4. The van der Waals surface area contributed by atoms with Crippen molar-refractivity contribution in [3.05, 3.63) is 54.0 Å². The number of hydrazone groups is 1. The van der Waals surface area contributed by atoms with Crippen LogP contribution in [0, 0.1) is 0 Å². The van der Waals surface area contributed by atoms with Crippen LogP contribution in [0.4, 0.5) is 0 Å². The van der Waals surface area contributed by atoms with Gasteiger partial charge in [-0.15, -0.1) is 0 Å². The van der Waals surface area contributed by atoms with Crippen LogP contribution in [-0.2, 0) is 4.79 Å². The molecule has 1 aromatic heterocycles. The van der Waals surface area contributed by atoms with Gasteiger partial charge in [-0.1, -0.05) is 18.2 Å². The van der Waals surface area contributed by atoms with Crippen LogP contribution in [0.1, 0.15) is 30.7 Å². The summed E-state index contributed by atoms with van der Waals surface area (Å²) < 4.78 is 5.33. The van der Waals surface area contributed by atoms with E-state index in [4.69, 9.17) is 4.42 Å². The van der Waals surface area contributed by atoms with Crippen molar-refractivity contribution in [2.75, 3.05) is 0 Å². The topological polar surface area (TPSA) is 66.0 Å². The first kappa shape index (κ1) is 12.5. The number of carbonyl (C=O) groups is 1. The van der Waals surface area contributed by atoms with E-state index in [0.717, 1.165) is 0 Å². The molecule has 1 aliphatic heterocycles. The van der Waals surface area contributed by atoms with Gasteiger partial charge in [0.1, 0.15) is 17.2 Å². The second-order valence-corrected chi connectivity index (χ2v) is 4.67. The minimum Gasteiger partial charge on any atom is -0.508 e. The molecule has 1 aliphatic rings. The molecule has 0 bridgehead atoms. The Kier molecular flexibility index (Phi) is 3.02. The van der Waals surface area contributed by atoms with Crippen LogP contribution in [0.2, 0.25) is 0 Å². The smallest absolute Gasteiger partial charge is 0.240 e. The predicted molar refractivity (Wildman–Crippen MR) is 73.2 cm³/mol. The first-order valence-electron chi connectivity index (χ1n) is 6.36. The molecule has 0 unspecified atom stereocenters. The molecular weight excluding hydrogens is 256 g/mol. The molecular formula is C15H14N2O3. The molecule has 20 heavy (non-hydrogen) atoms. The van der Waals surface area contributed by atoms with E-state index in [2.05, 4.69) is 5.10 Å². The lowest BCUT2D eigenvalue weighted by Crippen LogP contribution is -2.24. The average molecular weight is 270 g/mol. The van der Waals surface area contributed by atoms with Gasteiger partial charge in [0.05, 0.1) is 12.3 Å². The minimum absolute atomic E-state index is 0.166. The minimum atomic E-state index is -0.297. The van der Waals surface area contributed by atoms with Crippen molar-refractivity contribution in [2.24, 2.45) is 5.10 Å². The second kappa shape index (κ2) is 4.85. The highest BCUT2D eigenvalue weighted by molar-refractivity contribution is 6.01. The zero-order valence-corrected chi connectivity index (χ0v) is 11.0. The van der Waals surface area contributed by atoms with Gasteiger partial charge in [0.25, 0.3) is 0 Å². The highest BCUT2D eigenvalue weighted by atomic mass is 16.3. The summed E-state index contributed by atoms with van der Waals surface area (Å²) in [4.78, 5) is 11.8. The summed E-state index contributed by atoms with van der Waals surface area (Å²) in [5, 5.41) is 15.7. The lowest BCUT2D eigenvalue weighted by Gasteiger charge is -2.21. The fraction of sp³-hybridized carbons (Fsp3) is 0.200. The predicted octanol–water partition coefficient (Wildman–Crippen LogP) is 2.68. The number of amides is 1. The Hall–Kier alpha value is -2.56. The summed E-state index contributed by atoms with van der Waals surface area (Å²) in [5.74, 6) is 0.647. The molecule has 102 valence electrons. The molecule has 1 aromatic carbocycles. The fourth-order valence-electron chi connectivity index (χ4n) is 2.40. The van der Waals surface area contributed by atoms with Crippen molar-refractivity contribution in [3.63, 3.8) is 0 Å². The Morgan fingerprint density at radius 1 is 1.35 bits per heavy atom. The van der Waals surface area contributed by atoms with Gasteiger partial charge in [0, 0.05) is 18.9 Å². The van der Waals surface area contributed by atoms with E-state index in [-0.39, 0.29) is 17.7 Å². The van der Waals surface area contributed by atoms with Crippen molar-refractivity contribution in [2.45, 2.75) is 19.4 Å². The molecule has 1 N–H and O–H groups in total. The number of aromatic hydroxyl groups is 1. The number of para-hydroxylation sites is 1. The fourth-order valence-corrected chi connectivity index (χ4v) is 2.40. The van der Waals surface area contributed by atoms with E-state index in [1.165, 1.54) is 11.9 Å². The lowest BCUT2D eigenvalue weighted by molar-refractivity contribution is -0.130. The summed E-state index contributed by atoms with van der Waals surface area (Å²) >= 11 is 0. The Balaban J connectivity index is 1.98. The van der Waals surface area contributed by atoms with Crippen LogP contribution in [0.3, 0.4) is 0 Å². The number of phenols is 1. The van der Waals surface area contributed by atoms with E-state index in [0.29, 0.717) is 23.5 Å². The maximum atomic E-state index is 11.8. The van der Waals surface area contributed by atoms with Gasteiger partial charge < -0.3 is 9.52 Å². The summed E-state index contributed by atoms with van der Waals surface area (Å²) in [7, 11) is 0. The van der Waals surface area contributed by atoms with Crippen molar-refractivity contribution in [1.29, 1.82) is 0 Å². The van der Waals surface area contributed by atoms with Gasteiger partial charge in [-0.3, -0.25) is 4.79 Å². The van der Waals surface area contributed by atoms with Crippen LogP contribution >= 0.6 is 0 Å². The summed E-state index contributed by atoms with van der Waals surface area (Å²) in [6.07, 6.45) is 2.09. The average Bonchev–Trinajstić information content (AvgIpc) is 3.08. The zero-order valence-electron chi connectivity index (χ0n) is 11.0. The van der Waals surface area contributed by atoms with E-state index in [1.54, 1.807) is 30.5 Å². The number of phenolic OH excluding ortho intramolecular Hbond substituents is 1. The molecule has 5 nitrogen and oxygen atoms in total. The van der Waals surface area contributed by atoms with Crippen LogP contribution < -0.4 is 0 Å². The number of rotatable bonds is 2. The monoisotopic (exact) mass is 270 g/mol. The third kappa shape index (κ3) is 2.07. The van der Waals surface area contributed by atoms with Gasteiger partial charge in [0.2, 0.25) is 5.91 Å². The normalized spacial score (nSPS) is 18.1. The molecule has 1 atom stereocenters. The molecule has 1 amide bonds. The first-order chi connectivity index (χ1) is 9.66. The van der Waals surface area contributed by atoms with E-state index < -0.39 is 0 Å². The second-order valence-electron chi connectivity index (χ2n) is 4.67. The molecule has 2 aromatic rings. The van der Waals surface area contributed by atoms with Crippen LogP contribution in [-0.4, -0.2) is 21.7 Å². The van der Waals surface area contributed by atoms with Crippen molar-refractivity contribution in [1.82, 2.24) is 5.01 Å². The molecule has 2 heterocycles. The van der Waals surface area contributed by atoms with E-state index >= 15 is 0 Å². The number of carbonyl (C=O) groups excluding carboxylic acids is 1. The van der Waals surface area contributed by atoms with Crippen LogP contribution in [0.25, 0.3) is 0 Å². The van der Waals surface area contributed by atoms with Crippen molar-refractivity contribution in [3.8, 4) is 5.75 Å². The maximum absolute atomic E-state index is 11.8. The van der Waals surface area contributed by atoms with Gasteiger partial charge in [0.15, 0.2) is 0 Å². The van der Waals surface area contributed by atoms with E-state index in [1.807, 2.05) is 12.1 Å². The van der Waals surface area contributed by atoms with Crippen molar-refractivity contribution >= 4 is 11.6 Å². The summed E-state index contributed by atoms with van der Waals surface area (Å²) in [6.45, 7) is 1.46. The number of hydrogen-bond donors (Lipinski definition) is 1. The Morgan fingerprint density at radius 3 is 2.80 bits per heavy atom. The number of benzene rings is 1. The van der Waals surface area contributed by atoms with E-state index in [9.17, 15) is 9.90 Å². The lowest BCUT2D eigenvalue weighted by atomic mass is 10.00.